The molecule has 7 aliphatic rings. The number of aryl methyl sites for hydroxylation is 1. The van der Waals surface area contributed by atoms with Gasteiger partial charge in [-0.25, -0.2) is 0 Å². The molecule has 0 amide bonds. The molecule has 0 bridgehead atoms. The molecule has 1 saturated heterocycles. The molecule has 11 atom stereocenters. The second kappa shape index (κ2) is 11.7. The maximum absolute atomic E-state index is 5.79. The summed E-state index contributed by atoms with van der Waals surface area (Å²) in [6.07, 6.45) is 38.7. The van der Waals surface area contributed by atoms with Crippen LogP contribution in [-0.2, 0) is 11.2 Å². The molecule has 0 radical (unpaired) electrons. The number of hydrogen-bond donors (Lipinski definition) is 0. The number of fused-ring (bicyclic) bond motifs is 6. The second-order valence-corrected chi connectivity index (χ2v) is 15.0. The van der Waals surface area contributed by atoms with Crippen molar-refractivity contribution in [2.45, 2.75) is 52.6 Å². The first-order valence-electron chi connectivity index (χ1n) is 16.2. The van der Waals surface area contributed by atoms with Gasteiger partial charge in [-0.15, -0.1) is 11.3 Å². The van der Waals surface area contributed by atoms with Gasteiger partial charge in [0, 0.05) is 22.8 Å². The minimum atomic E-state index is 0.473. The van der Waals surface area contributed by atoms with E-state index in [4.69, 9.17) is 4.74 Å². The summed E-state index contributed by atoms with van der Waals surface area (Å²) in [5, 5.41) is 0. The highest BCUT2D eigenvalue weighted by Crippen LogP contribution is 2.53. The van der Waals surface area contributed by atoms with Gasteiger partial charge < -0.3 is 4.74 Å². The van der Waals surface area contributed by atoms with Gasteiger partial charge in [0.2, 0.25) is 0 Å². The zero-order chi connectivity index (χ0) is 27.9. The van der Waals surface area contributed by atoms with E-state index in [9.17, 15) is 0 Å². The molecule has 2 saturated carbocycles. The first-order valence-corrected chi connectivity index (χ1v) is 17.0. The number of thiophene rings is 1. The van der Waals surface area contributed by atoms with Crippen molar-refractivity contribution in [3.8, 4) is 0 Å². The van der Waals surface area contributed by atoms with Crippen LogP contribution in [0.15, 0.2) is 108 Å². The highest BCUT2D eigenvalue weighted by Gasteiger charge is 2.46. The third-order valence-corrected chi connectivity index (χ3v) is 12.2. The average Bonchev–Trinajstić information content (AvgIpc) is 3.78. The molecule has 3 fully saturated rings. The molecule has 1 aliphatic heterocycles. The molecule has 1 aromatic rings. The lowest BCUT2D eigenvalue weighted by Gasteiger charge is -2.25. The van der Waals surface area contributed by atoms with Crippen molar-refractivity contribution in [3.63, 3.8) is 0 Å². The van der Waals surface area contributed by atoms with Gasteiger partial charge in [0.1, 0.15) is 0 Å². The molecule has 8 rings (SSSR count). The average molecular weight is 563 g/mol. The first-order chi connectivity index (χ1) is 20.0. The van der Waals surface area contributed by atoms with Crippen molar-refractivity contribution >= 4 is 11.3 Å². The number of ether oxygens (including phenoxy) is 1. The predicted octanol–water partition coefficient (Wildman–Crippen LogP) is 9.63. The fourth-order valence-corrected chi connectivity index (χ4v) is 9.97. The molecule has 1 aromatic heterocycles. The Labute approximate surface area is 251 Å². The van der Waals surface area contributed by atoms with E-state index in [-0.39, 0.29) is 0 Å². The fourth-order valence-electron chi connectivity index (χ4n) is 9.05. The van der Waals surface area contributed by atoms with Crippen molar-refractivity contribution in [3.05, 3.63) is 118 Å². The minimum absolute atomic E-state index is 0.473. The van der Waals surface area contributed by atoms with Crippen molar-refractivity contribution in [1.82, 2.24) is 0 Å². The summed E-state index contributed by atoms with van der Waals surface area (Å²) >= 11 is 1.93. The van der Waals surface area contributed by atoms with Crippen LogP contribution in [0.25, 0.3) is 0 Å². The Morgan fingerprint density at radius 1 is 0.683 bits per heavy atom. The number of rotatable bonds is 4. The SMILES string of the molecule is CC1C2C=CC=CC2C2C=CC(CC3CCCO3)=CC12.Cc1ccc(CC2=CC3C(C)C4C=CC=CC4C3C=C2)s1. The van der Waals surface area contributed by atoms with E-state index in [1.807, 2.05) is 11.3 Å². The molecule has 0 spiro atoms. The van der Waals surface area contributed by atoms with E-state index in [0.717, 1.165) is 55.0 Å². The summed E-state index contributed by atoms with van der Waals surface area (Å²) in [7, 11) is 0. The summed E-state index contributed by atoms with van der Waals surface area (Å²) in [6.45, 7) is 8.03. The van der Waals surface area contributed by atoms with Gasteiger partial charge >= 0.3 is 0 Å². The fraction of sp³-hybridized carbons (Fsp3) is 0.487. The van der Waals surface area contributed by atoms with E-state index in [1.165, 1.54) is 33.7 Å². The van der Waals surface area contributed by atoms with Gasteiger partial charge in [0.15, 0.2) is 0 Å². The highest BCUT2D eigenvalue weighted by atomic mass is 32.1. The molecule has 0 N–H and O–H groups in total. The normalized spacial score (nSPS) is 40.8. The van der Waals surface area contributed by atoms with Crippen LogP contribution in [0.3, 0.4) is 0 Å². The smallest absolute Gasteiger partial charge is 0.0616 e. The predicted molar refractivity (Wildman–Crippen MR) is 174 cm³/mol. The quantitative estimate of drug-likeness (QED) is 0.355. The van der Waals surface area contributed by atoms with E-state index >= 15 is 0 Å². The first kappa shape index (κ1) is 27.4. The lowest BCUT2D eigenvalue weighted by molar-refractivity contribution is 0.111. The Kier molecular flexibility index (Phi) is 7.82. The molecule has 2 heteroatoms. The third-order valence-electron chi connectivity index (χ3n) is 11.2. The Hall–Kier alpha value is -2.42. The van der Waals surface area contributed by atoms with Gasteiger partial charge in [0.05, 0.1) is 6.10 Å². The summed E-state index contributed by atoms with van der Waals surface area (Å²) in [4.78, 5) is 2.91. The van der Waals surface area contributed by atoms with E-state index in [1.54, 1.807) is 0 Å². The molecule has 214 valence electrons. The number of allylic oxidation sites excluding steroid dienone is 15. The molecule has 1 nitrogen and oxygen atoms in total. The third kappa shape index (κ3) is 5.43. The summed E-state index contributed by atoms with van der Waals surface area (Å²) in [5.74, 6) is 7.27. The van der Waals surface area contributed by atoms with Gasteiger partial charge in [-0.2, -0.15) is 0 Å². The Morgan fingerprint density at radius 2 is 1.24 bits per heavy atom. The maximum atomic E-state index is 5.79. The van der Waals surface area contributed by atoms with Gasteiger partial charge in [-0.3, -0.25) is 0 Å². The largest absolute Gasteiger partial charge is 0.378 e. The van der Waals surface area contributed by atoms with Gasteiger partial charge in [0.25, 0.3) is 0 Å². The second-order valence-electron chi connectivity index (χ2n) is 13.6. The summed E-state index contributed by atoms with van der Waals surface area (Å²) in [6, 6.07) is 4.52. The number of hydrogen-bond acceptors (Lipinski definition) is 2. The van der Waals surface area contributed by atoms with Crippen LogP contribution in [0.1, 0.15) is 42.9 Å². The van der Waals surface area contributed by atoms with Crippen LogP contribution in [-0.4, -0.2) is 12.7 Å². The Bertz CT molecular complexity index is 1350. The van der Waals surface area contributed by atoms with E-state index in [0.29, 0.717) is 29.8 Å². The zero-order valence-corrected chi connectivity index (χ0v) is 25.8. The van der Waals surface area contributed by atoms with Gasteiger partial charge in [-0.1, -0.05) is 98.9 Å². The zero-order valence-electron chi connectivity index (χ0n) is 24.9. The van der Waals surface area contributed by atoms with Crippen molar-refractivity contribution < 1.29 is 4.74 Å². The van der Waals surface area contributed by atoms with E-state index < -0.39 is 0 Å². The van der Waals surface area contributed by atoms with Crippen LogP contribution in [0, 0.1) is 66.1 Å². The van der Waals surface area contributed by atoms with Crippen molar-refractivity contribution in [2.75, 3.05) is 6.61 Å². The van der Waals surface area contributed by atoms with Crippen LogP contribution in [0.5, 0.6) is 0 Å². The van der Waals surface area contributed by atoms with Crippen LogP contribution in [0.4, 0.5) is 0 Å². The minimum Gasteiger partial charge on any atom is -0.378 e. The van der Waals surface area contributed by atoms with Crippen LogP contribution in [0.2, 0.25) is 0 Å². The summed E-state index contributed by atoms with van der Waals surface area (Å²) < 4.78 is 5.79. The molecule has 2 heterocycles. The molecular formula is C39H46OS. The Morgan fingerprint density at radius 3 is 1.80 bits per heavy atom. The monoisotopic (exact) mass is 562 g/mol. The lowest BCUT2D eigenvalue weighted by atomic mass is 9.80. The molecule has 6 aliphatic carbocycles. The standard InChI is InChI=1S/C20H22S.C19H24O/c1-13-7-9-16(21-13)11-15-8-10-19-18-6-4-3-5-17(18)14(2)20(19)12-15;1-13-16-6-2-3-7-17(16)18-9-8-14(12-19(13)18)11-15-5-4-10-20-15/h3-10,12,14,17-20H,11H2,1-2H3;2-3,6-9,12-13,15-19H,4-5,10-11H2,1H3. The van der Waals surface area contributed by atoms with Crippen molar-refractivity contribution in [2.24, 2.45) is 59.2 Å². The Balaban J connectivity index is 0.000000135. The van der Waals surface area contributed by atoms with Crippen molar-refractivity contribution in [1.29, 1.82) is 0 Å². The molecule has 11 unspecified atom stereocenters. The highest BCUT2D eigenvalue weighted by molar-refractivity contribution is 7.11. The van der Waals surface area contributed by atoms with E-state index in [2.05, 4.69) is 118 Å². The summed E-state index contributed by atoms with van der Waals surface area (Å²) in [5.41, 5.74) is 3.02. The topological polar surface area (TPSA) is 9.23 Å². The van der Waals surface area contributed by atoms with Crippen LogP contribution >= 0.6 is 11.3 Å². The lowest BCUT2D eigenvalue weighted by Crippen LogP contribution is -2.17. The van der Waals surface area contributed by atoms with Gasteiger partial charge in [-0.05, 0) is 109 Å². The molecular weight excluding hydrogens is 516 g/mol. The molecule has 41 heavy (non-hydrogen) atoms. The maximum Gasteiger partial charge on any atom is 0.0616 e. The van der Waals surface area contributed by atoms with Crippen LogP contribution < -0.4 is 0 Å². The molecule has 0 aromatic carbocycles.